The minimum absolute atomic E-state index is 0.398. The van der Waals surface area contributed by atoms with E-state index in [2.05, 4.69) is 0 Å². The normalized spacial score (nSPS) is 15.0. The van der Waals surface area contributed by atoms with Crippen LogP contribution < -0.4 is 0 Å². The van der Waals surface area contributed by atoms with Crippen LogP contribution in [-0.2, 0) is 29.3 Å². The van der Waals surface area contributed by atoms with Crippen LogP contribution in [0.4, 0.5) is 0 Å². The largest absolute Gasteiger partial charge is 0.469 e. The molecule has 0 saturated carbocycles. The van der Waals surface area contributed by atoms with Gasteiger partial charge in [-0.3, -0.25) is 0 Å². The van der Waals surface area contributed by atoms with Crippen LogP contribution in [0.1, 0.15) is 29.7 Å². The molecule has 5 heteroatoms. The number of hydrogen-bond acceptors (Lipinski definition) is 3. The van der Waals surface area contributed by atoms with Crippen molar-refractivity contribution in [3.63, 3.8) is 0 Å². The first kappa shape index (κ1) is 15.3. The number of sulfonamides is 1. The second kappa shape index (κ2) is 6.26. The van der Waals surface area contributed by atoms with Crippen LogP contribution in [0.15, 0.2) is 45.9 Å². The van der Waals surface area contributed by atoms with Crippen molar-refractivity contribution in [3.8, 4) is 0 Å². The SMILES string of the molecule is CN(CCc1ccco1)S(=O)(=O)c1ccc2c(c1)CCCC2. The molecule has 0 saturated heterocycles. The first-order valence-corrected chi connectivity index (χ1v) is 9.12. The number of furan rings is 1. The van der Waals surface area contributed by atoms with Gasteiger partial charge in [0.25, 0.3) is 0 Å². The van der Waals surface area contributed by atoms with E-state index in [9.17, 15) is 8.42 Å². The number of likely N-dealkylation sites (N-methyl/N-ethyl adjacent to an activating group) is 1. The summed E-state index contributed by atoms with van der Waals surface area (Å²) >= 11 is 0. The molecule has 0 amide bonds. The van der Waals surface area contributed by atoms with Gasteiger partial charge in [0.05, 0.1) is 11.2 Å². The van der Waals surface area contributed by atoms with E-state index in [1.165, 1.54) is 21.9 Å². The molecule has 118 valence electrons. The summed E-state index contributed by atoms with van der Waals surface area (Å²) in [7, 11) is -1.81. The lowest BCUT2D eigenvalue weighted by Gasteiger charge is -2.20. The summed E-state index contributed by atoms with van der Waals surface area (Å²) in [4.78, 5) is 0.398. The first-order valence-electron chi connectivity index (χ1n) is 7.68. The Morgan fingerprint density at radius 3 is 2.64 bits per heavy atom. The maximum Gasteiger partial charge on any atom is 0.242 e. The second-order valence-corrected chi connectivity index (χ2v) is 7.84. The van der Waals surface area contributed by atoms with Crippen molar-refractivity contribution < 1.29 is 12.8 Å². The number of aryl methyl sites for hydroxylation is 2. The van der Waals surface area contributed by atoms with Gasteiger partial charge in [-0.05, 0) is 61.1 Å². The average molecular weight is 319 g/mol. The third kappa shape index (κ3) is 3.10. The monoisotopic (exact) mass is 319 g/mol. The van der Waals surface area contributed by atoms with Gasteiger partial charge in [0.15, 0.2) is 0 Å². The van der Waals surface area contributed by atoms with Crippen LogP contribution in [0.3, 0.4) is 0 Å². The van der Waals surface area contributed by atoms with E-state index in [1.807, 2.05) is 24.3 Å². The zero-order valence-electron chi connectivity index (χ0n) is 12.8. The van der Waals surface area contributed by atoms with Gasteiger partial charge < -0.3 is 4.42 Å². The summed E-state index contributed by atoms with van der Waals surface area (Å²) in [5.74, 6) is 0.799. The summed E-state index contributed by atoms with van der Waals surface area (Å²) in [6, 6.07) is 9.24. The van der Waals surface area contributed by atoms with E-state index in [0.717, 1.165) is 25.0 Å². The molecule has 1 aliphatic rings. The van der Waals surface area contributed by atoms with Gasteiger partial charge in [-0.1, -0.05) is 6.07 Å². The van der Waals surface area contributed by atoms with Crippen molar-refractivity contribution in [2.75, 3.05) is 13.6 Å². The predicted octanol–water partition coefficient (Wildman–Crippen LogP) is 3.02. The smallest absolute Gasteiger partial charge is 0.242 e. The molecule has 0 spiro atoms. The highest BCUT2D eigenvalue weighted by Crippen LogP contribution is 2.25. The fraction of sp³-hybridized carbons (Fsp3) is 0.412. The maximum absolute atomic E-state index is 12.7. The van der Waals surface area contributed by atoms with Crippen molar-refractivity contribution in [2.24, 2.45) is 0 Å². The zero-order chi connectivity index (χ0) is 15.6. The lowest BCUT2D eigenvalue weighted by molar-refractivity contribution is 0.441. The maximum atomic E-state index is 12.7. The van der Waals surface area contributed by atoms with Gasteiger partial charge in [-0.2, -0.15) is 0 Å². The van der Waals surface area contributed by atoms with Gasteiger partial charge in [-0.15, -0.1) is 0 Å². The molecule has 1 aromatic heterocycles. The number of rotatable bonds is 5. The van der Waals surface area contributed by atoms with Crippen LogP contribution in [0.25, 0.3) is 0 Å². The number of fused-ring (bicyclic) bond motifs is 1. The summed E-state index contributed by atoms with van der Waals surface area (Å²) in [5.41, 5.74) is 2.48. The Morgan fingerprint density at radius 2 is 1.91 bits per heavy atom. The van der Waals surface area contributed by atoms with Crippen LogP contribution in [0, 0.1) is 0 Å². The number of hydrogen-bond donors (Lipinski definition) is 0. The van der Waals surface area contributed by atoms with E-state index in [0.29, 0.717) is 17.9 Å². The molecule has 22 heavy (non-hydrogen) atoms. The van der Waals surface area contributed by atoms with Gasteiger partial charge in [0, 0.05) is 20.0 Å². The molecule has 0 bridgehead atoms. The van der Waals surface area contributed by atoms with Crippen molar-refractivity contribution in [1.29, 1.82) is 0 Å². The molecule has 0 atom stereocenters. The van der Waals surface area contributed by atoms with Crippen molar-refractivity contribution in [3.05, 3.63) is 53.5 Å². The quantitative estimate of drug-likeness (QED) is 0.851. The molecule has 0 unspecified atom stereocenters. The Balaban J connectivity index is 1.76. The van der Waals surface area contributed by atoms with E-state index in [4.69, 9.17) is 4.42 Å². The van der Waals surface area contributed by atoms with E-state index >= 15 is 0 Å². The summed E-state index contributed by atoms with van der Waals surface area (Å²) in [6.07, 6.45) is 6.56. The average Bonchev–Trinajstić information content (AvgIpc) is 3.05. The van der Waals surface area contributed by atoms with Crippen LogP contribution in [0.5, 0.6) is 0 Å². The molecule has 0 fully saturated rings. The molecule has 3 rings (SSSR count). The molecule has 2 aromatic rings. The lowest BCUT2D eigenvalue weighted by atomic mass is 9.92. The lowest BCUT2D eigenvalue weighted by Crippen LogP contribution is -2.29. The fourth-order valence-corrected chi connectivity index (χ4v) is 4.12. The zero-order valence-corrected chi connectivity index (χ0v) is 13.6. The highest BCUT2D eigenvalue weighted by Gasteiger charge is 2.22. The summed E-state index contributed by atoms with van der Waals surface area (Å²) < 4.78 is 32.0. The molecule has 0 radical (unpaired) electrons. The number of benzene rings is 1. The Kier molecular flexibility index (Phi) is 4.36. The van der Waals surface area contributed by atoms with Crippen molar-refractivity contribution >= 4 is 10.0 Å². The predicted molar refractivity (Wildman–Crippen MR) is 85.3 cm³/mol. The molecule has 1 aromatic carbocycles. The van der Waals surface area contributed by atoms with Crippen LogP contribution >= 0.6 is 0 Å². The Bertz CT molecular complexity index is 735. The Hall–Kier alpha value is -1.59. The van der Waals surface area contributed by atoms with Crippen molar-refractivity contribution in [2.45, 2.75) is 37.0 Å². The molecular weight excluding hydrogens is 298 g/mol. The second-order valence-electron chi connectivity index (χ2n) is 5.79. The Labute approximate surface area is 131 Å². The van der Waals surface area contributed by atoms with Gasteiger partial charge >= 0.3 is 0 Å². The highest BCUT2D eigenvalue weighted by molar-refractivity contribution is 7.89. The molecule has 1 heterocycles. The molecule has 4 nitrogen and oxygen atoms in total. The van der Waals surface area contributed by atoms with Crippen molar-refractivity contribution in [1.82, 2.24) is 4.31 Å². The number of nitrogens with zero attached hydrogens (tertiary/aromatic N) is 1. The van der Waals surface area contributed by atoms with Crippen LogP contribution in [0.2, 0.25) is 0 Å². The van der Waals surface area contributed by atoms with Crippen LogP contribution in [-0.4, -0.2) is 26.3 Å². The van der Waals surface area contributed by atoms with E-state index in [1.54, 1.807) is 19.4 Å². The minimum Gasteiger partial charge on any atom is -0.469 e. The van der Waals surface area contributed by atoms with E-state index in [-0.39, 0.29) is 0 Å². The first-order chi connectivity index (χ1) is 10.6. The molecular formula is C17H21NO3S. The van der Waals surface area contributed by atoms with Gasteiger partial charge in [0.2, 0.25) is 10.0 Å². The Morgan fingerprint density at radius 1 is 1.14 bits per heavy atom. The minimum atomic E-state index is -3.43. The molecule has 0 N–H and O–H groups in total. The molecule has 0 aliphatic heterocycles. The molecule has 1 aliphatic carbocycles. The highest BCUT2D eigenvalue weighted by atomic mass is 32.2. The van der Waals surface area contributed by atoms with Gasteiger partial charge in [-0.25, -0.2) is 12.7 Å². The standard InChI is InChI=1S/C17H21NO3S/c1-18(11-10-16-7-4-12-21-16)22(19,20)17-9-8-14-5-2-3-6-15(14)13-17/h4,7-9,12-13H,2-3,5-6,10-11H2,1H3. The van der Waals surface area contributed by atoms with E-state index < -0.39 is 10.0 Å². The third-order valence-corrected chi connectivity index (χ3v) is 6.13. The topological polar surface area (TPSA) is 50.5 Å². The van der Waals surface area contributed by atoms with Gasteiger partial charge in [0.1, 0.15) is 5.76 Å². The fourth-order valence-electron chi connectivity index (χ4n) is 2.89. The third-order valence-electron chi connectivity index (χ3n) is 4.28. The summed E-state index contributed by atoms with van der Waals surface area (Å²) in [5, 5.41) is 0. The summed E-state index contributed by atoms with van der Waals surface area (Å²) in [6.45, 7) is 0.410.